The van der Waals surface area contributed by atoms with E-state index in [0.717, 1.165) is 5.56 Å². The third-order valence-electron chi connectivity index (χ3n) is 5.79. The van der Waals surface area contributed by atoms with Crippen molar-refractivity contribution in [2.24, 2.45) is 0 Å². The molecule has 2 N–H and O–H groups in total. The zero-order valence-corrected chi connectivity index (χ0v) is 20.1. The molecule has 9 heteroatoms. The molecule has 0 aliphatic heterocycles. The zero-order valence-electron chi connectivity index (χ0n) is 17.8. The van der Waals surface area contributed by atoms with Crippen LogP contribution < -0.4 is 10.6 Å². The van der Waals surface area contributed by atoms with Gasteiger partial charge in [0.05, 0.1) is 5.02 Å². The van der Waals surface area contributed by atoms with E-state index in [9.17, 15) is 9.59 Å². The van der Waals surface area contributed by atoms with E-state index in [0.29, 0.717) is 27.6 Å². The lowest BCUT2D eigenvalue weighted by atomic mass is 10.0. The number of anilines is 1. The monoisotopic (exact) mass is 535 g/mol. The number of amides is 2. The Morgan fingerprint density at radius 3 is 2.44 bits per heavy atom. The van der Waals surface area contributed by atoms with Crippen LogP contribution in [-0.2, 0) is 4.79 Å². The summed E-state index contributed by atoms with van der Waals surface area (Å²) in [5.41, 5.74) is 0.739. The van der Waals surface area contributed by atoms with E-state index in [1.165, 1.54) is 4.68 Å². The number of hydrogen-bond donors (Lipinski definition) is 2. The zero-order chi connectivity index (χ0) is 23.7. The molecule has 0 saturated heterocycles. The summed E-state index contributed by atoms with van der Waals surface area (Å²) in [5.74, 6) is -0.582. The van der Waals surface area contributed by atoms with Gasteiger partial charge in [-0.15, -0.1) is 0 Å². The number of rotatable bonds is 6. The number of carbonyl (C=O) groups excluding carboxylic acids is 2. The van der Waals surface area contributed by atoms with Gasteiger partial charge in [0.15, 0.2) is 5.82 Å². The SMILES string of the molecule is O=C(NC1(C(=O)Nc2ccccc2)CC1c1ccccc1)c1cc(Br)nn1-c1ncccc1Cl. The Labute approximate surface area is 209 Å². The second kappa shape index (κ2) is 9.04. The van der Waals surface area contributed by atoms with Gasteiger partial charge in [0, 0.05) is 23.9 Å². The number of benzene rings is 2. The van der Waals surface area contributed by atoms with Crippen LogP contribution in [0.4, 0.5) is 5.69 Å². The summed E-state index contributed by atoms with van der Waals surface area (Å²) >= 11 is 9.63. The fourth-order valence-electron chi connectivity index (χ4n) is 4.04. The Morgan fingerprint density at radius 1 is 1.03 bits per heavy atom. The molecule has 2 aromatic carbocycles. The van der Waals surface area contributed by atoms with E-state index >= 15 is 0 Å². The Kier molecular flexibility index (Phi) is 5.93. The first kappa shape index (κ1) is 22.3. The third kappa shape index (κ3) is 4.22. The molecule has 2 amide bonds. The minimum atomic E-state index is -1.11. The van der Waals surface area contributed by atoms with Gasteiger partial charge in [-0.05, 0) is 52.2 Å². The van der Waals surface area contributed by atoms with Crippen LogP contribution in [0.15, 0.2) is 89.7 Å². The molecule has 5 rings (SSSR count). The number of nitrogens with zero attached hydrogens (tertiary/aromatic N) is 3. The highest BCUT2D eigenvalue weighted by Gasteiger charge is 2.62. The van der Waals surface area contributed by atoms with E-state index in [4.69, 9.17) is 11.6 Å². The molecule has 0 radical (unpaired) electrons. The molecular formula is C25H19BrClN5O2. The van der Waals surface area contributed by atoms with Crippen LogP contribution >= 0.6 is 27.5 Å². The van der Waals surface area contributed by atoms with E-state index in [1.807, 2.05) is 60.7 Å². The van der Waals surface area contributed by atoms with Crippen LogP contribution in [0, 0.1) is 0 Å². The summed E-state index contributed by atoms with van der Waals surface area (Å²) in [7, 11) is 0. The summed E-state index contributed by atoms with van der Waals surface area (Å²) in [5, 5.41) is 10.6. The van der Waals surface area contributed by atoms with Crippen LogP contribution in [0.1, 0.15) is 28.4 Å². The fraction of sp³-hybridized carbons (Fsp3) is 0.120. The standard InChI is InChI=1S/C25H19BrClN5O2/c26-21-14-20(32(31-21)22-19(27)12-7-13-28-22)23(33)30-25(15-18(25)16-8-3-1-4-9-16)24(34)29-17-10-5-2-6-11-17/h1-14,18H,15H2,(H,29,34)(H,30,33). The van der Waals surface area contributed by atoms with Gasteiger partial charge in [-0.3, -0.25) is 9.59 Å². The Morgan fingerprint density at radius 2 is 1.74 bits per heavy atom. The molecule has 1 aliphatic carbocycles. The van der Waals surface area contributed by atoms with Crippen molar-refractivity contribution >= 4 is 45.0 Å². The van der Waals surface area contributed by atoms with Crippen LogP contribution in [0.25, 0.3) is 5.82 Å². The van der Waals surface area contributed by atoms with Gasteiger partial charge in [-0.1, -0.05) is 60.1 Å². The fourth-order valence-corrected chi connectivity index (χ4v) is 4.61. The molecule has 4 aromatic rings. The number of pyridine rings is 1. The summed E-state index contributed by atoms with van der Waals surface area (Å²) in [6.45, 7) is 0. The lowest BCUT2D eigenvalue weighted by molar-refractivity contribution is -0.119. The van der Waals surface area contributed by atoms with E-state index < -0.39 is 11.4 Å². The molecule has 2 atom stereocenters. The average Bonchev–Trinajstić information content (AvgIpc) is 3.45. The van der Waals surface area contributed by atoms with Crippen LogP contribution in [0.5, 0.6) is 0 Å². The molecule has 170 valence electrons. The second-order valence-corrected chi connectivity index (χ2v) is 9.21. The Balaban J connectivity index is 1.48. The van der Waals surface area contributed by atoms with Gasteiger partial charge in [0.1, 0.15) is 15.8 Å². The molecule has 1 saturated carbocycles. The quantitative estimate of drug-likeness (QED) is 0.364. The minimum Gasteiger partial charge on any atom is -0.336 e. The van der Waals surface area contributed by atoms with Gasteiger partial charge >= 0.3 is 0 Å². The number of halogens is 2. The molecule has 1 fully saturated rings. The maximum Gasteiger partial charge on any atom is 0.271 e. The number of carbonyl (C=O) groups is 2. The average molecular weight is 537 g/mol. The summed E-state index contributed by atoms with van der Waals surface area (Å²) < 4.78 is 1.81. The predicted octanol–water partition coefficient (Wildman–Crippen LogP) is 4.98. The van der Waals surface area contributed by atoms with E-state index in [2.05, 4.69) is 36.6 Å². The van der Waals surface area contributed by atoms with Crippen molar-refractivity contribution in [1.29, 1.82) is 0 Å². The maximum absolute atomic E-state index is 13.5. The van der Waals surface area contributed by atoms with Crippen molar-refractivity contribution in [3.63, 3.8) is 0 Å². The van der Waals surface area contributed by atoms with E-state index in [1.54, 1.807) is 24.4 Å². The number of aromatic nitrogens is 3. The van der Waals surface area contributed by atoms with Crippen molar-refractivity contribution in [3.8, 4) is 5.82 Å². The molecule has 0 bridgehead atoms. The van der Waals surface area contributed by atoms with Gasteiger partial charge in [-0.2, -0.15) is 5.10 Å². The first-order valence-electron chi connectivity index (χ1n) is 10.6. The molecule has 2 unspecified atom stereocenters. The lowest BCUT2D eigenvalue weighted by Gasteiger charge is -2.20. The number of hydrogen-bond acceptors (Lipinski definition) is 4. The van der Waals surface area contributed by atoms with Crippen molar-refractivity contribution in [2.45, 2.75) is 17.9 Å². The van der Waals surface area contributed by atoms with Gasteiger partial charge in [0.25, 0.3) is 11.8 Å². The van der Waals surface area contributed by atoms with Gasteiger partial charge in [-0.25, -0.2) is 9.67 Å². The minimum absolute atomic E-state index is 0.167. The molecule has 1 aliphatic rings. The maximum atomic E-state index is 13.5. The van der Waals surface area contributed by atoms with Crippen LogP contribution in [0.2, 0.25) is 5.02 Å². The van der Waals surface area contributed by atoms with Crippen LogP contribution in [-0.4, -0.2) is 32.1 Å². The summed E-state index contributed by atoms with van der Waals surface area (Å²) in [4.78, 5) is 31.2. The molecule has 2 aromatic heterocycles. The normalized spacial score (nSPS) is 18.8. The van der Waals surface area contributed by atoms with Crippen molar-refractivity contribution in [1.82, 2.24) is 20.1 Å². The largest absolute Gasteiger partial charge is 0.336 e. The smallest absolute Gasteiger partial charge is 0.271 e. The first-order chi connectivity index (χ1) is 16.5. The van der Waals surface area contributed by atoms with Gasteiger partial charge in [0.2, 0.25) is 0 Å². The molecule has 2 heterocycles. The molecule has 0 spiro atoms. The topological polar surface area (TPSA) is 88.9 Å². The molecule has 34 heavy (non-hydrogen) atoms. The summed E-state index contributed by atoms with van der Waals surface area (Å²) in [6, 6.07) is 23.8. The molecule has 7 nitrogen and oxygen atoms in total. The Bertz CT molecular complexity index is 1360. The highest BCUT2D eigenvalue weighted by atomic mass is 79.9. The van der Waals surface area contributed by atoms with Gasteiger partial charge < -0.3 is 10.6 Å². The van der Waals surface area contributed by atoms with Crippen molar-refractivity contribution in [3.05, 3.63) is 106 Å². The van der Waals surface area contributed by atoms with Crippen LogP contribution in [0.3, 0.4) is 0 Å². The highest BCUT2D eigenvalue weighted by molar-refractivity contribution is 9.10. The second-order valence-electron chi connectivity index (χ2n) is 7.99. The number of nitrogens with one attached hydrogen (secondary N) is 2. The number of para-hydroxylation sites is 1. The van der Waals surface area contributed by atoms with E-state index in [-0.39, 0.29) is 17.5 Å². The third-order valence-corrected chi connectivity index (χ3v) is 6.47. The van der Waals surface area contributed by atoms with Crippen molar-refractivity contribution < 1.29 is 9.59 Å². The molecular weight excluding hydrogens is 518 g/mol. The Hall–Kier alpha value is -3.49. The first-order valence-corrected chi connectivity index (χ1v) is 11.8. The van der Waals surface area contributed by atoms with Crippen molar-refractivity contribution in [2.75, 3.05) is 5.32 Å². The summed E-state index contributed by atoms with van der Waals surface area (Å²) in [6.07, 6.45) is 2.04. The predicted molar refractivity (Wildman–Crippen MR) is 133 cm³/mol. The lowest BCUT2D eigenvalue weighted by Crippen LogP contribution is -2.48. The highest BCUT2D eigenvalue weighted by Crippen LogP contribution is 2.52.